The Kier molecular flexibility index (Phi) is 5.04. The van der Waals surface area contributed by atoms with Crippen LogP contribution >= 0.6 is 11.8 Å². The summed E-state index contributed by atoms with van der Waals surface area (Å²) >= 11 is 1.47. The van der Waals surface area contributed by atoms with Gasteiger partial charge in [-0.1, -0.05) is 24.6 Å². The van der Waals surface area contributed by atoms with Crippen LogP contribution in [0.3, 0.4) is 0 Å². The largest absolute Gasteiger partial charge is 0.315 e. The van der Waals surface area contributed by atoms with Crippen LogP contribution in [0, 0.1) is 12.3 Å². The van der Waals surface area contributed by atoms with Gasteiger partial charge in [0.1, 0.15) is 0 Å². The standard InChI is InChI=1S/C8H13N5S/c1-3-7-14-8-10-11-12-13(8)6-5-9-4-2/h1,9H,4-7H2,2H3. The molecule has 0 radical (unpaired) electrons. The van der Waals surface area contributed by atoms with Gasteiger partial charge in [0, 0.05) is 6.54 Å². The highest BCUT2D eigenvalue weighted by atomic mass is 32.2. The Hall–Kier alpha value is -1.06. The number of nitrogens with zero attached hydrogens (tertiary/aromatic N) is 4. The molecule has 0 saturated heterocycles. The van der Waals surface area contributed by atoms with Gasteiger partial charge < -0.3 is 5.32 Å². The summed E-state index contributed by atoms with van der Waals surface area (Å²) in [5.41, 5.74) is 0. The molecule has 1 heterocycles. The minimum Gasteiger partial charge on any atom is -0.315 e. The zero-order valence-electron chi connectivity index (χ0n) is 8.10. The summed E-state index contributed by atoms with van der Waals surface area (Å²) in [6.45, 7) is 4.65. The van der Waals surface area contributed by atoms with Crippen molar-refractivity contribution in [2.24, 2.45) is 0 Å². The van der Waals surface area contributed by atoms with Gasteiger partial charge in [0.05, 0.1) is 12.3 Å². The van der Waals surface area contributed by atoms with Crippen LogP contribution in [0.4, 0.5) is 0 Å². The Balaban J connectivity index is 2.42. The van der Waals surface area contributed by atoms with E-state index in [2.05, 4.69) is 33.7 Å². The average Bonchev–Trinajstić information content (AvgIpc) is 2.63. The highest BCUT2D eigenvalue weighted by molar-refractivity contribution is 7.99. The number of rotatable bonds is 6. The number of hydrogen-bond donors (Lipinski definition) is 1. The lowest BCUT2D eigenvalue weighted by Gasteiger charge is -2.02. The molecule has 1 aromatic rings. The molecular formula is C8H13N5S. The number of hydrogen-bond acceptors (Lipinski definition) is 5. The van der Waals surface area contributed by atoms with Crippen LogP contribution in [-0.4, -0.2) is 39.0 Å². The molecule has 0 unspecified atom stereocenters. The van der Waals surface area contributed by atoms with Gasteiger partial charge in [-0.05, 0) is 17.0 Å². The SMILES string of the molecule is C#CCSc1nnnn1CCNCC. The molecule has 6 heteroatoms. The van der Waals surface area contributed by atoms with E-state index < -0.39 is 0 Å². The van der Waals surface area contributed by atoms with Gasteiger partial charge in [-0.3, -0.25) is 0 Å². The third-order valence-corrected chi connectivity index (χ3v) is 2.40. The van der Waals surface area contributed by atoms with Gasteiger partial charge in [0.25, 0.3) is 0 Å². The molecule has 0 amide bonds. The van der Waals surface area contributed by atoms with Gasteiger partial charge in [-0.15, -0.1) is 11.5 Å². The summed E-state index contributed by atoms with van der Waals surface area (Å²) in [6, 6.07) is 0. The summed E-state index contributed by atoms with van der Waals surface area (Å²) < 4.78 is 1.75. The molecular weight excluding hydrogens is 198 g/mol. The van der Waals surface area contributed by atoms with E-state index in [9.17, 15) is 0 Å². The maximum atomic E-state index is 5.16. The Morgan fingerprint density at radius 3 is 3.21 bits per heavy atom. The molecule has 0 bridgehead atoms. The van der Waals surface area contributed by atoms with Gasteiger partial charge in [0.2, 0.25) is 5.16 Å². The summed E-state index contributed by atoms with van der Waals surface area (Å²) in [6.07, 6.45) is 5.16. The second-order valence-corrected chi connectivity index (χ2v) is 3.47. The summed E-state index contributed by atoms with van der Waals surface area (Å²) in [5.74, 6) is 3.14. The van der Waals surface area contributed by atoms with E-state index in [4.69, 9.17) is 6.42 Å². The molecule has 0 spiro atoms. The molecule has 0 fully saturated rings. The normalized spacial score (nSPS) is 10.0. The predicted molar refractivity (Wildman–Crippen MR) is 55.9 cm³/mol. The molecule has 1 rings (SSSR count). The lowest BCUT2D eigenvalue weighted by molar-refractivity contribution is 0.518. The Bertz CT molecular complexity index is 303. The Labute approximate surface area is 87.6 Å². The first-order valence-corrected chi connectivity index (χ1v) is 5.40. The van der Waals surface area contributed by atoms with Crippen molar-refractivity contribution in [3.8, 4) is 12.3 Å². The maximum Gasteiger partial charge on any atom is 0.210 e. The molecule has 0 aliphatic carbocycles. The summed E-state index contributed by atoms with van der Waals surface area (Å²) in [5, 5.41) is 15.3. The van der Waals surface area contributed by atoms with Crippen LogP contribution in [0.5, 0.6) is 0 Å². The zero-order valence-corrected chi connectivity index (χ0v) is 8.92. The van der Waals surface area contributed by atoms with Crippen LogP contribution in [0.25, 0.3) is 0 Å². The van der Waals surface area contributed by atoms with Crippen molar-refractivity contribution >= 4 is 11.8 Å². The number of thioether (sulfide) groups is 1. The number of nitrogens with one attached hydrogen (secondary N) is 1. The van der Waals surface area contributed by atoms with Crippen LogP contribution < -0.4 is 5.32 Å². The lowest BCUT2D eigenvalue weighted by atomic mass is 10.6. The van der Waals surface area contributed by atoms with Gasteiger partial charge in [-0.25, -0.2) is 4.68 Å². The summed E-state index contributed by atoms with van der Waals surface area (Å²) in [7, 11) is 0. The molecule has 0 saturated carbocycles. The fourth-order valence-corrected chi connectivity index (χ4v) is 1.49. The van der Waals surface area contributed by atoms with Gasteiger partial charge in [0.15, 0.2) is 0 Å². The third kappa shape index (κ3) is 3.36. The fourth-order valence-electron chi connectivity index (χ4n) is 0.908. The van der Waals surface area contributed by atoms with Crippen molar-refractivity contribution in [2.45, 2.75) is 18.6 Å². The Morgan fingerprint density at radius 1 is 1.64 bits per heavy atom. The lowest BCUT2D eigenvalue weighted by Crippen LogP contribution is -2.20. The van der Waals surface area contributed by atoms with Crippen LogP contribution in [0.2, 0.25) is 0 Å². The molecule has 0 atom stereocenters. The van der Waals surface area contributed by atoms with Crippen molar-refractivity contribution in [3.63, 3.8) is 0 Å². The molecule has 1 aromatic heterocycles. The zero-order chi connectivity index (χ0) is 10.2. The van der Waals surface area contributed by atoms with Crippen molar-refractivity contribution in [1.82, 2.24) is 25.5 Å². The molecule has 0 aliphatic rings. The smallest absolute Gasteiger partial charge is 0.210 e. The van der Waals surface area contributed by atoms with Crippen LogP contribution in [0.15, 0.2) is 5.16 Å². The monoisotopic (exact) mass is 211 g/mol. The second kappa shape index (κ2) is 6.40. The molecule has 0 aromatic carbocycles. The first-order chi connectivity index (χ1) is 6.88. The van der Waals surface area contributed by atoms with Crippen molar-refractivity contribution in [2.75, 3.05) is 18.8 Å². The van der Waals surface area contributed by atoms with Gasteiger partial charge >= 0.3 is 0 Å². The van der Waals surface area contributed by atoms with E-state index in [-0.39, 0.29) is 0 Å². The minimum atomic E-state index is 0.599. The molecule has 14 heavy (non-hydrogen) atoms. The van der Waals surface area contributed by atoms with E-state index in [1.165, 1.54) is 11.8 Å². The molecule has 1 N–H and O–H groups in total. The van der Waals surface area contributed by atoms with Gasteiger partial charge in [-0.2, -0.15) is 0 Å². The van der Waals surface area contributed by atoms with E-state index in [0.717, 1.165) is 24.8 Å². The third-order valence-electron chi connectivity index (χ3n) is 1.53. The average molecular weight is 211 g/mol. The number of aromatic nitrogens is 4. The first kappa shape index (κ1) is 11.0. The van der Waals surface area contributed by atoms with E-state index in [1.807, 2.05) is 0 Å². The van der Waals surface area contributed by atoms with E-state index in [0.29, 0.717) is 5.75 Å². The predicted octanol–water partition coefficient (Wildman–Crippen LogP) is 0.00790. The number of terminal acetylenes is 1. The highest BCUT2D eigenvalue weighted by Gasteiger charge is 2.04. The van der Waals surface area contributed by atoms with Crippen LogP contribution in [0.1, 0.15) is 6.92 Å². The molecule has 0 aliphatic heterocycles. The quantitative estimate of drug-likeness (QED) is 0.408. The molecule has 76 valence electrons. The topological polar surface area (TPSA) is 55.6 Å². The van der Waals surface area contributed by atoms with E-state index >= 15 is 0 Å². The first-order valence-electron chi connectivity index (χ1n) is 4.41. The van der Waals surface area contributed by atoms with E-state index in [1.54, 1.807) is 4.68 Å². The number of likely N-dealkylation sites (N-methyl/N-ethyl adjacent to an activating group) is 1. The van der Waals surface area contributed by atoms with Crippen LogP contribution in [-0.2, 0) is 6.54 Å². The second-order valence-electron chi connectivity index (χ2n) is 2.53. The highest BCUT2D eigenvalue weighted by Crippen LogP contribution is 2.11. The number of tetrazole rings is 1. The van der Waals surface area contributed by atoms with Crippen molar-refractivity contribution < 1.29 is 0 Å². The van der Waals surface area contributed by atoms with Crippen molar-refractivity contribution in [3.05, 3.63) is 0 Å². The molecule has 5 nitrogen and oxygen atoms in total. The van der Waals surface area contributed by atoms with Crippen molar-refractivity contribution in [1.29, 1.82) is 0 Å². The Morgan fingerprint density at radius 2 is 2.50 bits per heavy atom. The maximum absolute atomic E-state index is 5.16. The fraction of sp³-hybridized carbons (Fsp3) is 0.625. The minimum absolute atomic E-state index is 0.599. The summed E-state index contributed by atoms with van der Waals surface area (Å²) in [4.78, 5) is 0.